The highest BCUT2D eigenvalue weighted by molar-refractivity contribution is 6.52. The lowest BCUT2D eigenvalue weighted by molar-refractivity contribution is -0.109. The van der Waals surface area contributed by atoms with Crippen LogP contribution in [0.1, 0.15) is 70.8 Å². The van der Waals surface area contributed by atoms with E-state index in [1.165, 1.54) is 0 Å². The molecule has 246 valence electrons. The van der Waals surface area contributed by atoms with Gasteiger partial charge in [-0.15, -0.1) is 0 Å². The summed E-state index contributed by atoms with van der Waals surface area (Å²) in [6, 6.07) is 20.6. The molecule has 0 bridgehead atoms. The molecule has 8 heteroatoms. The van der Waals surface area contributed by atoms with E-state index in [1.54, 1.807) is 0 Å². The Morgan fingerprint density at radius 2 is 1.38 bits per heavy atom. The number of ketones is 1. The first-order valence-corrected chi connectivity index (χ1v) is 17.7. The number of carbonyl (C=O) groups excluding carboxylic acids is 1. The van der Waals surface area contributed by atoms with Crippen LogP contribution in [0.3, 0.4) is 0 Å². The van der Waals surface area contributed by atoms with Crippen LogP contribution in [0.2, 0.25) is 0 Å². The lowest BCUT2D eigenvalue weighted by Gasteiger charge is -2.46. The molecule has 4 aromatic carbocycles. The van der Waals surface area contributed by atoms with Gasteiger partial charge in [-0.1, -0.05) is 48.5 Å². The molecule has 2 saturated carbocycles. The van der Waals surface area contributed by atoms with Gasteiger partial charge in [0.1, 0.15) is 17.1 Å². The van der Waals surface area contributed by atoms with Gasteiger partial charge in [-0.25, -0.2) is 0 Å². The summed E-state index contributed by atoms with van der Waals surface area (Å²) >= 11 is 0. The van der Waals surface area contributed by atoms with Crippen LogP contribution in [0.5, 0.6) is 0 Å². The number of benzene rings is 4. The first-order chi connectivity index (χ1) is 23.4. The van der Waals surface area contributed by atoms with E-state index in [0.717, 1.165) is 108 Å². The second-order valence-corrected chi connectivity index (χ2v) is 14.1. The smallest absolute Gasteiger partial charge is 0.201 e. The van der Waals surface area contributed by atoms with Crippen LogP contribution in [0.25, 0.3) is 32.7 Å². The van der Waals surface area contributed by atoms with Crippen LogP contribution in [-0.2, 0) is 14.3 Å². The van der Waals surface area contributed by atoms with Crippen molar-refractivity contribution in [1.82, 2.24) is 0 Å². The molecule has 0 amide bonds. The number of aliphatic hydroxyl groups excluding tert-OH is 1. The molecule has 0 saturated heterocycles. The fourth-order valence-corrected chi connectivity index (χ4v) is 8.97. The molecule has 0 radical (unpaired) electrons. The second-order valence-electron chi connectivity index (χ2n) is 14.1. The summed E-state index contributed by atoms with van der Waals surface area (Å²) in [6.07, 6.45) is 7.71. The molecule has 8 nitrogen and oxygen atoms in total. The fraction of sp³-hybridized carbons (Fsp3) is 0.400. The van der Waals surface area contributed by atoms with Crippen LogP contribution < -0.4 is 26.5 Å². The van der Waals surface area contributed by atoms with Crippen molar-refractivity contribution in [3.8, 4) is 0 Å². The number of nitrogens with zero attached hydrogens (tertiary/aromatic N) is 1. The molecule has 2 fully saturated rings. The maximum absolute atomic E-state index is 14.4. The van der Waals surface area contributed by atoms with E-state index in [4.69, 9.17) is 14.5 Å². The lowest BCUT2D eigenvalue weighted by Crippen LogP contribution is -2.51. The Morgan fingerprint density at radius 3 is 2.04 bits per heavy atom. The number of hydrogen-bond donors (Lipinski definition) is 4. The van der Waals surface area contributed by atoms with Gasteiger partial charge in [0.05, 0.1) is 34.4 Å². The van der Waals surface area contributed by atoms with Gasteiger partial charge >= 0.3 is 0 Å². The van der Waals surface area contributed by atoms with Gasteiger partial charge in [0, 0.05) is 46.1 Å². The highest BCUT2D eigenvalue weighted by Crippen LogP contribution is 2.49. The molecule has 9 rings (SSSR count). The van der Waals surface area contributed by atoms with Crippen molar-refractivity contribution in [1.29, 1.82) is 0 Å². The first-order valence-electron chi connectivity index (χ1n) is 17.7. The highest BCUT2D eigenvalue weighted by atomic mass is 16.5. The molecule has 5 aliphatic rings. The SMILES string of the molecule is CCOC1CCC2(CC1)N=c1c(=C3C(=O)C(c4ccc5cccc6c5c4NC4(CCC(OCC)CC4)N6)=C3O)ccc3cccc(c13)N2. The largest absolute Gasteiger partial charge is 0.506 e. The summed E-state index contributed by atoms with van der Waals surface area (Å²) in [5, 5.41) is 29.0. The molecule has 0 aromatic heterocycles. The third-order valence-corrected chi connectivity index (χ3v) is 11.3. The third-order valence-electron chi connectivity index (χ3n) is 11.3. The van der Waals surface area contributed by atoms with Crippen molar-refractivity contribution >= 4 is 55.5 Å². The van der Waals surface area contributed by atoms with E-state index in [2.05, 4.69) is 59.3 Å². The monoisotopic (exact) mass is 642 g/mol. The van der Waals surface area contributed by atoms with E-state index in [0.29, 0.717) is 23.0 Å². The molecule has 2 spiro atoms. The molecule has 4 aromatic rings. The molecule has 2 aliphatic heterocycles. The van der Waals surface area contributed by atoms with Crippen LogP contribution in [0.15, 0.2) is 71.4 Å². The summed E-state index contributed by atoms with van der Waals surface area (Å²) in [4.78, 5) is 19.8. The molecular formula is C40H42N4O4. The zero-order valence-corrected chi connectivity index (χ0v) is 27.6. The Morgan fingerprint density at radius 1 is 0.750 bits per heavy atom. The summed E-state index contributed by atoms with van der Waals surface area (Å²) in [5.41, 5.74) is 3.63. The van der Waals surface area contributed by atoms with Crippen molar-refractivity contribution in [2.75, 3.05) is 29.2 Å². The minimum atomic E-state index is -0.466. The van der Waals surface area contributed by atoms with Crippen LogP contribution in [0.4, 0.5) is 17.1 Å². The van der Waals surface area contributed by atoms with Gasteiger partial charge in [0.2, 0.25) is 5.78 Å². The second kappa shape index (κ2) is 11.1. The number of ether oxygens (including phenoxy) is 2. The number of allylic oxidation sites excluding steroid dienone is 2. The average molecular weight is 643 g/mol. The van der Waals surface area contributed by atoms with Gasteiger partial charge < -0.3 is 30.5 Å². The number of carbonyl (C=O) groups is 1. The number of Topliss-reactive ketones (excluding diaryl/α,β-unsaturated/α-hetero) is 1. The predicted molar refractivity (Wildman–Crippen MR) is 191 cm³/mol. The number of aliphatic hydroxyl groups is 1. The zero-order valence-electron chi connectivity index (χ0n) is 27.6. The lowest BCUT2D eigenvalue weighted by atomic mass is 9.78. The zero-order chi connectivity index (χ0) is 32.6. The number of nitrogens with one attached hydrogen (secondary N) is 3. The van der Waals surface area contributed by atoms with Crippen LogP contribution in [-0.4, -0.2) is 47.6 Å². The molecule has 2 heterocycles. The molecular weight excluding hydrogens is 600 g/mol. The average Bonchev–Trinajstić information content (AvgIpc) is 3.10. The molecule has 4 N–H and O–H groups in total. The number of rotatable bonds is 5. The van der Waals surface area contributed by atoms with Gasteiger partial charge in [-0.3, -0.25) is 9.79 Å². The van der Waals surface area contributed by atoms with Crippen LogP contribution >= 0.6 is 0 Å². The van der Waals surface area contributed by atoms with E-state index in [9.17, 15) is 9.90 Å². The quantitative estimate of drug-likeness (QED) is 0.187. The maximum atomic E-state index is 14.4. The van der Waals surface area contributed by atoms with Gasteiger partial charge in [0.15, 0.2) is 0 Å². The van der Waals surface area contributed by atoms with E-state index in [-0.39, 0.29) is 29.4 Å². The predicted octanol–water partition coefficient (Wildman–Crippen LogP) is 6.93. The summed E-state index contributed by atoms with van der Waals surface area (Å²) < 4.78 is 11.9. The third kappa shape index (κ3) is 4.49. The Labute approximate surface area is 279 Å². The van der Waals surface area contributed by atoms with E-state index in [1.807, 2.05) is 31.2 Å². The van der Waals surface area contributed by atoms with Crippen molar-refractivity contribution in [3.05, 3.63) is 82.6 Å². The van der Waals surface area contributed by atoms with Crippen molar-refractivity contribution < 1.29 is 19.4 Å². The molecule has 3 aliphatic carbocycles. The Kier molecular flexibility index (Phi) is 6.85. The van der Waals surface area contributed by atoms with Gasteiger partial charge in [-0.2, -0.15) is 0 Å². The first kappa shape index (κ1) is 29.7. The van der Waals surface area contributed by atoms with Crippen LogP contribution in [0, 0.1) is 0 Å². The van der Waals surface area contributed by atoms with Gasteiger partial charge in [-0.05, 0) is 88.1 Å². The Balaban J connectivity index is 1.18. The van der Waals surface area contributed by atoms with Crippen molar-refractivity contribution in [2.45, 2.75) is 88.7 Å². The van der Waals surface area contributed by atoms with Crippen molar-refractivity contribution in [2.24, 2.45) is 4.99 Å². The molecule has 0 atom stereocenters. The van der Waals surface area contributed by atoms with E-state index >= 15 is 0 Å². The maximum Gasteiger partial charge on any atom is 0.201 e. The van der Waals surface area contributed by atoms with Gasteiger partial charge in [0.25, 0.3) is 0 Å². The number of anilines is 3. The number of hydrogen-bond acceptors (Lipinski definition) is 8. The van der Waals surface area contributed by atoms with E-state index < -0.39 is 5.66 Å². The summed E-state index contributed by atoms with van der Waals surface area (Å²) in [7, 11) is 0. The standard InChI is InChI=1S/C40H42N4O4/c1-3-47-25-15-19-39(20-16-25)41-29-9-5-7-23-11-13-27(35(43-39)31(23)29)33-37(45)34(38(33)46)28-14-12-24-8-6-10-30-32(24)36(28)44-40(42-30)21-17-26(18-22-40)48-4-2/h5-14,25-26,41-43,45H,3-4,15-22H2,1-2H3. The van der Waals surface area contributed by atoms with Crippen molar-refractivity contribution in [3.63, 3.8) is 0 Å². The molecule has 0 unspecified atom stereocenters. The topological polar surface area (TPSA) is 104 Å². The minimum absolute atomic E-state index is 0.0402. The molecule has 48 heavy (non-hydrogen) atoms. The normalized spacial score (nSPS) is 28.6. The summed E-state index contributed by atoms with van der Waals surface area (Å²) in [5.74, 6) is -0.107. The fourth-order valence-electron chi connectivity index (χ4n) is 8.97. The Hall–Kier alpha value is -4.40. The summed E-state index contributed by atoms with van der Waals surface area (Å²) in [6.45, 7) is 5.53. The highest BCUT2D eigenvalue weighted by Gasteiger charge is 2.43. The Bertz CT molecular complexity index is 2160. The minimum Gasteiger partial charge on any atom is -0.506 e.